The smallest absolute Gasteiger partial charge is 0.410 e. The average Bonchev–Trinajstić information content (AvgIpc) is 3.33. The van der Waals surface area contributed by atoms with Gasteiger partial charge in [0.2, 0.25) is 5.91 Å². The molecule has 1 aromatic heterocycles. The number of carbonyl (C=O) groups excluding carboxylic acids is 2. The maximum Gasteiger partial charge on any atom is 0.410 e. The number of hydrogen-bond acceptors (Lipinski definition) is 5. The van der Waals surface area contributed by atoms with Gasteiger partial charge in [-0.1, -0.05) is 41.1 Å². The van der Waals surface area contributed by atoms with Crippen molar-refractivity contribution >= 4 is 40.1 Å². The molecule has 29 heavy (non-hydrogen) atoms. The number of amides is 2. The second-order valence-electron chi connectivity index (χ2n) is 8.50. The molecule has 1 fully saturated rings. The summed E-state index contributed by atoms with van der Waals surface area (Å²) in [4.78, 5) is 32.2. The predicted molar refractivity (Wildman–Crippen MR) is 113 cm³/mol. The Morgan fingerprint density at radius 1 is 1.31 bits per heavy atom. The fourth-order valence-electron chi connectivity index (χ4n) is 3.53. The minimum Gasteiger partial charge on any atom is -0.444 e. The molecule has 1 saturated carbocycles. The first-order valence-electron chi connectivity index (χ1n) is 9.73. The Morgan fingerprint density at radius 2 is 2.07 bits per heavy atom. The first-order valence-corrected chi connectivity index (χ1v) is 10.9. The lowest BCUT2D eigenvalue weighted by molar-refractivity contribution is -0.117. The zero-order valence-electron chi connectivity index (χ0n) is 16.7. The molecule has 2 aromatic rings. The second-order valence-corrected chi connectivity index (χ2v) is 9.99. The van der Waals surface area contributed by atoms with Crippen LogP contribution in [-0.2, 0) is 22.5 Å². The van der Waals surface area contributed by atoms with Crippen molar-refractivity contribution in [3.05, 3.63) is 45.4 Å². The number of benzene rings is 1. The fraction of sp³-hybridized carbons (Fsp3) is 0.476. The summed E-state index contributed by atoms with van der Waals surface area (Å²) >= 11 is 7.68. The van der Waals surface area contributed by atoms with Crippen molar-refractivity contribution in [3.8, 4) is 0 Å². The van der Waals surface area contributed by atoms with E-state index >= 15 is 0 Å². The van der Waals surface area contributed by atoms with Crippen LogP contribution in [0.2, 0.25) is 5.02 Å². The largest absolute Gasteiger partial charge is 0.444 e. The highest BCUT2D eigenvalue weighted by Gasteiger charge is 2.45. The molecule has 0 bridgehead atoms. The molecule has 2 amide bonds. The van der Waals surface area contributed by atoms with Gasteiger partial charge >= 0.3 is 6.09 Å². The zero-order chi connectivity index (χ0) is 20.8. The van der Waals surface area contributed by atoms with Crippen molar-refractivity contribution in [1.29, 1.82) is 0 Å². The van der Waals surface area contributed by atoms with Crippen LogP contribution in [0.5, 0.6) is 0 Å². The number of nitrogens with zero attached hydrogens (tertiary/aromatic N) is 2. The molecule has 154 valence electrons. The standard InChI is InChI=1S/C21H24ClN3O3S/c1-21(2,3)28-20(27)25-9-8-16-17(11-25)29-19(23-16)24-18(26)14-10-13(14)12-6-4-5-7-15(12)22/h4-7,13-14H,8-11H2,1-3H3,(H,23,24,26). The van der Waals surface area contributed by atoms with Crippen molar-refractivity contribution in [1.82, 2.24) is 9.88 Å². The second kappa shape index (κ2) is 7.61. The third-order valence-electron chi connectivity index (χ3n) is 5.04. The van der Waals surface area contributed by atoms with Gasteiger partial charge in [0.15, 0.2) is 5.13 Å². The molecule has 0 spiro atoms. The van der Waals surface area contributed by atoms with Crippen LogP contribution in [0.1, 0.15) is 49.2 Å². The highest BCUT2D eigenvalue weighted by Crippen LogP contribution is 2.50. The van der Waals surface area contributed by atoms with E-state index in [1.807, 2.05) is 45.0 Å². The molecular weight excluding hydrogens is 410 g/mol. The highest BCUT2D eigenvalue weighted by molar-refractivity contribution is 7.15. The van der Waals surface area contributed by atoms with Gasteiger partial charge < -0.3 is 15.0 Å². The lowest BCUT2D eigenvalue weighted by atomic mass is 10.1. The van der Waals surface area contributed by atoms with Gasteiger partial charge in [-0.3, -0.25) is 4.79 Å². The van der Waals surface area contributed by atoms with E-state index in [0.717, 1.165) is 22.6 Å². The first kappa shape index (κ1) is 20.2. The average molecular weight is 434 g/mol. The molecule has 2 aliphatic rings. The lowest BCUT2D eigenvalue weighted by Crippen LogP contribution is -2.39. The molecule has 0 saturated heterocycles. The van der Waals surface area contributed by atoms with Crippen molar-refractivity contribution in [3.63, 3.8) is 0 Å². The summed E-state index contributed by atoms with van der Waals surface area (Å²) in [5.74, 6) is 0.0695. The maximum atomic E-state index is 12.6. The van der Waals surface area contributed by atoms with E-state index in [4.69, 9.17) is 16.3 Å². The molecule has 2 unspecified atom stereocenters. The van der Waals surface area contributed by atoms with Gasteiger partial charge in [0, 0.05) is 28.8 Å². The summed E-state index contributed by atoms with van der Waals surface area (Å²) in [6.45, 7) is 6.59. The monoisotopic (exact) mass is 433 g/mol. The van der Waals surface area contributed by atoms with Crippen LogP contribution < -0.4 is 5.32 Å². The van der Waals surface area contributed by atoms with Gasteiger partial charge in [-0.05, 0) is 44.7 Å². The Kier molecular flexibility index (Phi) is 5.29. The summed E-state index contributed by atoms with van der Waals surface area (Å²) in [6, 6.07) is 7.67. The highest BCUT2D eigenvalue weighted by atomic mass is 35.5. The number of halogens is 1. The summed E-state index contributed by atoms with van der Waals surface area (Å²) in [6.07, 6.45) is 1.14. The van der Waals surface area contributed by atoms with Crippen LogP contribution >= 0.6 is 22.9 Å². The van der Waals surface area contributed by atoms with Crippen molar-refractivity contribution in [2.75, 3.05) is 11.9 Å². The Bertz CT molecular complexity index is 953. The fourth-order valence-corrected chi connectivity index (χ4v) is 4.84. The Hall–Kier alpha value is -2.12. The molecule has 1 aromatic carbocycles. The molecular formula is C21H24ClN3O3S. The number of thiazole rings is 1. The van der Waals surface area contributed by atoms with Crippen LogP contribution in [0, 0.1) is 5.92 Å². The zero-order valence-corrected chi connectivity index (χ0v) is 18.3. The number of ether oxygens (including phenoxy) is 1. The van der Waals surface area contributed by atoms with E-state index in [9.17, 15) is 9.59 Å². The number of rotatable bonds is 3. The quantitative estimate of drug-likeness (QED) is 0.752. The third-order valence-corrected chi connectivity index (χ3v) is 6.39. The molecule has 1 N–H and O–H groups in total. The molecule has 1 aliphatic carbocycles. The summed E-state index contributed by atoms with van der Waals surface area (Å²) in [7, 11) is 0. The van der Waals surface area contributed by atoms with E-state index in [1.54, 1.807) is 4.90 Å². The molecule has 8 heteroatoms. The molecule has 2 heterocycles. The van der Waals surface area contributed by atoms with Crippen LogP contribution in [0.4, 0.5) is 9.93 Å². The summed E-state index contributed by atoms with van der Waals surface area (Å²) in [5.41, 5.74) is 1.46. The summed E-state index contributed by atoms with van der Waals surface area (Å²) in [5, 5.41) is 4.25. The van der Waals surface area contributed by atoms with Gasteiger partial charge in [0.1, 0.15) is 5.60 Å². The van der Waals surface area contributed by atoms with E-state index in [0.29, 0.717) is 29.7 Å². The Labute approximate surface area is 179 Å². The van der Waals surface area contributed by atoms with E-state index in [-0.39, 0.29) is 23.8 Å². The van der Waals surface area contributed by atoms with Gasteiger partial charge in [0.05, 0.1) is 12.2 Å². The van der Waals surface area contributed by atoms with Crippen LogP contribution in [0.25, 0.3) is 0 Å². The minimum absolute atomic E-state index is 0.0231. The summed E-state index contributed by atoms with van der Waals surface area (Å²) < 4.78 is 5.46. The molecule has 6 nitrogen and oxygen atoms in total. The number of hydrogen-bond donors (Lipinski definition) is 1. The van der Waals surface area contributed by atoms with E-state index in [2.05, 4.69) is 10.3 Å². The SMILES string of the molecule is CC(C)(C)OC(=O)N1CCc2nc(NC(=O)C3CC3c3ccccc3Cl)sc2C1. The predicted octanol–water partition coefficient (Wildman–Crippen LogP) is 4.83. The molecule has 1 aliphatic heterocycles. The number of carbonyl (C=O) groups is 2. The third kappa shape index (κ3) is 4.56. The normalized spacial score (nSPS) is 20.8. The van der Waals surface area contributed by atoms with Crippen molar-refractivity contribution in [2.24, 2.45) is 5.92 Å². The van der Waals surface area contributed by atoms with Gasteiger partial charge in [0.25, 0.3) is 0 Å². The first-order chi connectivity index (χ1) is 13.7. The topological polar surface area (TPSA) is 71.5 Å². The molecule has 0 radical (unpaired) electrons. The van der Waals surface area contributed by atoms with Crippen molar-refractivity contribution < 1.29 is 14.3 Å². The van der Waals surface area contributed by atoms with Crippen LogP contribution in [0.15, 0.2) is 24.3 Å². The van der Waals surface area contributed by atoms with Gasteiger partial charge in [-0.25, -0.2) is 9.78 Å². The number of nitrogens with one attached hydrogen (secondary N) is 1. The Morgan fingerprint density at radius 3 is 2.79 bits per heavy atom. The van der Waals surface area contributed by atoms with Crippen molar-refractivity contribution in [2.45, 2.75) is 51.7 Å². The maximum absolute atomic E-state index is 12.6. The molecule has 4 rings (SSSR count). The van der Waals surface area contributed by atoms with Gasteiger partial charge in [-0.15, -0.1) is 0 Å². The number of fused-ring (bicyclic) bond motifs is 1. The lowest BCUT2D eigenvalue weighted by Gasteiger charge is -2.29. The van der Waals surface area contributed by atoms with Gasteiger partial charge in [-0.2, -0.15) is 0 Å². The Balaban J connectivity index is 1.37. The number of aromatic nitrogens is 1. The molecule has 2 atom stereocenters. The minimum atomic E-state index is -0.521. The van der Waals surface area contributed by atoms with Crippen LogP contribution in [0.3, 0.4) is 0 Å². The van der Waals surface area contributed by atoms with E-state index < -0.39 is 5.60 Å². The van der Waals surface area contributed by atoms with Crippen LogP contribution in [-0.4, -0.2) is 34.0 Å². The number of anilines is 1. The van der Waals surface area contributed by atoms with E-state index in [1.165, 1.54) is 11.3 Å².